The second kappa shape index (κ2) is 7.23. The lowest BCUT2D eigenvalue weighted by molar-refractivity contribution is 0.0823. The molecule has 0 radical (unpaired) electrons. The van der Waals surface area contributed by atoms with Gasteiger partial charge in [-0.05, 0) is 62.3 Å². The molecule has 7 nitrogen and oxygen atoms in total. The largest absolute Gasteiger partial charge is 0.385 e. The second-order valence-electron chi connectivity index (χ2n) is 8.10. The van der Waals surface area contributed by atoms with Gasteiger partial charge in [0.15, 0.2) is 25.7 Å². The third kappa shape index (κ3) is 3.68. The number of urea groups is 1. The Hall–Kier alpha value is -2.14. The molecule has 1 aromatic heterocycles. The van der Waals surface area contributed by atoms with Crippen LogP contribution in [-0.2, 0) is 34.8 Å². The zero-order valence-corrected chi connectivity index (χ0v) is 18.2. The fraction of sp³-hybridized carbons (Fsp3) is 0.400. The van der Waals surface area contributed by atoms with E-state index < -0.39 is 31.6 Å². The number of hydrogen-bond donors (Lipinski definition) is 3. The van der Waals surface area contributed by atoms with Gasteiger partial charge in [-0.25, -0.2) is 18.5 Å². The normalized spacial score (nSPS) is 17.4. The smallest absolute Gasteiger partial charge is 0.354 e. The molecule has 2 aliphatic rings. The summed E-state index contributed by atoms with van der Waals surface area (Å²) in [5.74, 6) is -0.944. The topological polar surface area (TPSA) is 122 Å². The monoisotopic (exact) mass is 451 g/mol. The number of halogens is 1. The number of hydrogen-bond acceptors (Lipinski definition) is 5. The molecule has 1 atom stereocenters. The van der Waals surface area contributed by atoms with Gasteiger partial charge in [0.25, 0.3) is 0 Å². The number of anilines is 1. The van der Waals surface area contributed by atoms with Crippen LogP contribution in [0.25, 0.3) is 0 Å². The minimum Gasteiger partial charge on any atom is -0.385 e. The van der Waals surface area contributed by atoms with Crippen LogP contribution in [0.1, 0.15) is 58.6 Å². The van der Waals surface area contributed by atoms with E-state index in [2.05, 4.69) is 9.68 Å². The molecule has 2 aliphatic carbocycles. The second-order valence-corrected chi connectivity index (χ2v) is 11.1. The first-order chi connectivity index (χ1) is 14.0. The molecule has 2 amide bonds. The Morgan fingerprint density at radius 3 is 2.67 bits per heavy atom. The van der Waals surface area contributed by atoms with Crippen molar-refractivity contribution in [2.45, 2.75) is 55.8 Å². The standard InChI is InChI=1S/C20H22FN3O4S2/c1-20(2,27)15-9-13(21)18(29-15)30(22,28)24-19(26)23-17-12-5-3-4-10(12)8-11-6-7-14(25)16(11)17/h8-9,27H,3-7H2,1-2H3,(H3,22,23,24,26,28)/t30-/m0/s1. The number of Topliss-reactive ketones (excluding diaryl/α,β-unsaturated/α-hetero) is 1. The maximum atomic E-state index is 14.3. The van der Waals surface area contributed by atoms with Crippen LogP contribution in [0.5, 0.6) is 0 Å². The summed E-state index contributed by atoms with van der Waals surface area (Å²) in [6.07, 6.45) is 3.50. The number of nitrogens with zero attached hydrogens (tertiary/aromatic N) is 1. The van der Waals surface area contributed by atoms with Gasteiger partial charge >= 0.3 is 6.03 Å². The van der Waals surface area contributed by atoms with Crippen LogP contribution in [0.2, 0.25) is 0 Å². The van der Waals surface area contributed by atoms with Crippen molar-refractivity contribution in [1.29, 1.82) is 0 Å². The van der Waals surface area contributed by atoms with E-state index in [0.29, 0.717) is 35.4 Å². The number of amides is 2. The Kier molecular flexibility index (Phi) is 5.08. The Morgan fingerprint density at radius 1 is 1.27 bits per heavy atom. The first kappa shape index (κ1) is 21.1. The fourth-order valence-corrected chi connectivity index (χ4v) is 6.32. The van der Waals surface area contributed by atoms with Crippen LogP contribution in [0.3, 0.4) is 0 Å². The summed E-state index contributed by atoms with van der Waals surface area (Å²) < 4.78 is 30.3. The highest BCUT2D eigenvalue weighted by Crippen LogP contribution is 2.39. The van der Waals surface area contributed by atoms with E-state index in [1.54, 1.807) is 0 Å². The lowest BCUT2D eigenvalue weighted by Gasteiger charge is -2.14. The Morgan fingerprint density at radius 2 is 2.00 bits per heavy atom. The number of thiophene rings is 1. The molecule has 2 aromatic rings. The first-order valence-electron chi connectivity index (χ1n) is 9.56. The minimum atomic E-state index is -3.88. The molecule has 160 valence electrons. The van der Waals surface area contributed by atoms with Gasteiger partial charge in [-0.2, -0.15) is 0 Å². The molecule has 0 saturated carbocycles. The van der Waals surface area contributed by atoms with Gasteiger partial charge in [0.1, 0.15) is 0 Å². The highest BCUT2D eigenvalue weighted by atomic mass is 32.2. The summed E-state index contributed by atoms with van der Waals surface area (Å²) >= 11 is 0.709. The maximum Gasteiger partial charge on any atom is 0.354 e. The summed E-state index contributed by atoms with van der Waals surface area (Å²) in [4.78, 5) is 25.2. The average molecular weight is 452 g/mol. The fourth-order valence-electron chi connectivity index (χ4n) is 3.98. The molecule has 1 heterocycles. The van der Waals surface area contributed by atoms with E-state index in [9.17, 15) is 23.3 Å². The number of benzene rings is 1. The van der Waals surface area contributed by atoms with Crippen LogP contribution in [0.15, 0.2) is 20.7 Å². The lowest BCUT2D eigenvalue weighted by Crippen LogP contribution is -2.19. The summed E-state index contributed by atoms with van der Waals surface area (Å²) in [6, 6.07) is 2.07. The van der Waals surface area contributed by atoms with Crippen LogP contribution in [0, 0.1) is 5.82 Å². The number of carbonyl (C=O) groups excluding carboxylic acids is 2. The third-order valence-electron chi connectivity index (χ3n) is 5.36. The quantitative estimate of drug-likeness (QED) is 0.659. The number of ketones is 1. The molecule has 0 aliphatic heterocycles. The number of nitrogens with one attached hydrogen (secondary N) is 1. The number of nitrogens with two attached hydrogens (primary N) is 1. The van der Waals surface area contributed by atoms with E-state index in [4.69, 9.17) is 5.14 Å². The summed E-state index contributed by atoms with van der Waals surface area (Å²) in [5.41, 5.74) is 2.41. The van der Waals surface area contributed by atoms with Crippen LogP contribution in [-0.4, -0.2) is 21.1 Å². The van der Waals surface area contributed by atoms with Crippen LogP contribution in [0.4, 0.5) is 14.9 Å². The molecule has 0 saturated heterocycles. The van der Waals surface area contributed by atoms with Crippen LogP contribution >= 0.6 is 11.3 Å². The van der Waals surface area contributed by atoms with Crippen molar-refractivity contribution in [1.82, 2.24) is 0 Å². The van der Waals surface area contributed by atoms with Crippen molar-refractivity contribution in [3.63, 3.8) is 0 Å². The summed E-state index contributed by atoms with van der Waals surface area (Å²) in [6.45, 7) is 2.91. The van der Waals surface area contributed by atoms with Gasteiger partial charge < -0.3 is 10.4 Å². The van der Waals surface area contributed by atoms with Crippen LogP contribution < -0.4 is 10.5 Å². The van der Waals surface area contributed by atoms with Gasteiger partial charge in [-0.1, -0.05) is 6.07 Å². The highest BCUT2D eigenvalue weighted by molar-refractivity contribution is 7.93. The summed E-state index contributed by atoms with van der Waals surface area (Å²) in [5, 5.41) is 18.4. The Balaban J connectivity index is 1.71. The molecular formula is C20H22FN3O4S2. The predicted molar refractivity (Wildman–Crippen MR) is 113 cm³/mol. The van der Waals surface area contributed by atoms with E-state index in [1.165, 1.54) is 13.8 Å². The van der Waals surface area contributed by atoms with Crippen molar-refractivity contribution >= 4 is 38.8 Å². The molecule has 4 rings (SSSR count). The molecule has 0 bridgehead atoms. The van der Waals surface area contributed by atoms with E-state index in [-0.39, 0.29) is 10.7 Å². The molecule has 10 heteroatoms. The lowest BCUT2D eigenvalue weighted by atomic mass is 9.98. The molecule has 0 fully saturated rings. The average Bonchev–Trinajstić information content (AvgIpc) is 3.32. The predicted octanol–water partition coefficient (Wildman–Crippen LogP) is 3.66. The van der Waals surface area contributed by atoms with E-state index >= 15 is 0 Å². The highest BCUT2D eigenvalue weighted by Gasteiger charge is 2.30. The van der Waals surface area contributed by atoms with Gasteiger partial charge in [-0.3, -0.25) is 4.79 Å². The van der Waals surface area contributed by atoms with Crippen molar-refractivity contribution in [3.8, 4) is 0 Å². The SMILES string of the molecule is CC(C)(O)c1cc(F)c([S@@](N)(=O)=NC(=O)Nc2c3c(cc4c2C(=O)CC4)CCC3)s1. The van der Waals surface area contributed by atoms with Crippen molar-refractivity contribution in [3.05, 3.63) is 45.1 Å². The molecule has 4 N–H and O–H groups in total. The zero-order chi connectivity index (χ0) is 21.8. The zero-order valence-electron chi connectivity index (χ0n) is 16.6. The number of rotatable bonds is 3. The number of aliphatic hydroxyl groups is 1. The number of carbonyl (C=O) groups is 2. The Bertz CT molecular complexity index is 1200. The van der Waals surface area contributed by atoms with Crippen molar-refractivity contribution < 1.29 is 23.3 Å². The minimum absolute atomic E-state index is 0.0531. The van der Waals surface area contributed by atoms with E-state index in [1.807, 2.05) is 6.07 Å². The molecule has 30 heavy (non-hydrogen) atoms. The van der Waals surface area contributed by atoms with Gasteiger partial charge in [-0.15, -0.1) is 15.7 Å². The maximum absolute atomic E-state index is 14.3. The summed E-state index contributed by atoms with van der Waals surface area (Å²) in [7, 11) is -3.88. The third-order valence-corrected chi connectivity index (χ3v) is 8.70. The molecule has 1 aromatic carbocycles. The number of aryl methyl sites for hydroxylation is 2. The first-order valence-corrected chi connectivity index (χ1v) is 12.0. The van der Waals surface area contributed by atoms with E-state index in [0.717, 1.165) is 42.0 Å². The van der Waals surface area contributed by atoms with Crippen molar-refractivity contribution in [2.24, 2.45) is 9.50 Å². The molecule has 0 unspecified atom stereocenters. The molecular weight excluding hydrogens is 429 g/mol. The van der Waals surface area contributed by atoms with Gasteiger partial charge in [0.2, 0.25) is 0 Å². The number of fused-ring (bicyclic) bond motifs is 2. The Labute approximate surface area is 177 Å². The van der Waals surface area contributed by atoms with Gasteiger partial charge in [0, 0.05) is 16.9 Å². The van der Waals surface area contributed by atoms with Crippen molar-refractivity contribution in [2.75, 3.05) is 5.32 Å². The molecule has 0 spiro atoms. The van der Waals surface area contributed by atoms with Gasteiger partial charge in [0.05, 0.1) is 11.3 Å².